The molecular weight excluding hydrogens is 234 g/mol. The van der Waals surface area contributed by atoms with Crippen LogP contribution in [0.15, 0.2) is 18.2 Å². The van der Waals surface area contributed by atoms with Crippen LogP contribution in [0.5, 0.6) is 5.75 Å². The van der Waals surface area contributed by atoms with Crippen molar-refractivity contribution in [3.05, 3.63) is 29.3 Å². The maximum absolute atomic E-state index is 5.93. The zero-order valence-electron chi connectivity index (χ0n) is 10.8. The van der Waals surface area contributed by atoms with Gasteiger partial charge in [0.2, 0.25) is 0 Å². The first-order valence-corrected chi connectivity index (χ1v) is 6.14. The van der Waals surface area contributed by atoms with Crippen LogP contribution in [-0.4, -0.2) is 19.2 Å². The summed E-state index contributed by atoms with van der Waals surface area (Å²) in [6, 6.07) is 6.45. The van der Waals surface area contributed by atoms with Crippen LogP contribution in [0.4, 0.5) is 0 Å². The molecule has 0 aliphatic carbocycles. The van der Waals surface area contributed by atoms with E-state index >= 15 is 0 Å². The Morgan fingerprint density at radius 2 is 2.12 bits per heavy atom. The molecule has 1 heterocycles. The number of aryl methyl sites for hydroxylation is 1. The molecule has 3 heteroatoms. The van der Waals surface area contributed by atoms with Gasteiger partial charge in [0, 0.05) is 6.54 Å². The molecule has 2 rings (SSSR count). The zero-order valence-corrected chi connectivity index (χ0v) is 11.6. The molecule has 1 saturated heterocycles. The van der Waals surface area contributed by atoms with E-state index in [1.165, 1.54) is 11.1 Å². The standard InChI is InChI=1S/C14H21NO.ClH/c1-10(2)14-5-4-12(8-11(14)3)16-13-6-7-15-9-13;/h4-5,8,10,13,15H,6-7,9H2,1-3H3;1H. The lowest BCUT2D eigenvalue weighted by Crippen LogP contribution is -2.19. The van der Waals surface area contributed by atoms with Crippen molar-refractivity contribution in [2.24, 2.45) is 0 Å². The summed E-state index contributed by atoms with van der Waals surface area (Å²) in [5.74, 6) is 1.60. The molecule has 0 aromatic heterocycles. The van der Waals surface area contributed by atoms with E-state index in [1.54, 1.807) is 0 Å². The fourth-order valence-electron chi connectivity index (χ4n) is 2.29. The predicted octanol–water partition coefficient (Wildman–Crippen LogP) is 3.28. The lowest BCUT2D eigenvalue weighted by molar-refractivity contribution is 0.223. The van der Waals surface area contributed by atoms with Gasteiger partial charge in [0.25, 0.3) is 0 Å². The van der Waals surface area contributed by atoms with E-state index in [4.69, 9.17) is 4.74 Å². The first-order chi connectivity index (χ1) is 7.66. The summed E-state index contributed by atoms with van der Waals surface area (Å²) in [7, 11) is 0. The van der Waals surface area contributed by atoms with Crippen LogP contribution < -0.4 is 10.1 Å². The highest BCUT2D eigenvalue weighted by molar-refractivity contribution is 5.85. The van der Waals surface area contributed by atoms with Crippen molar-refractivity contribution in [2.45, 2.75) is 39.2 Å². The minimum atomic E-state index is 0. The maximum Gasteiger partial charge on any atom is 0.120 e. The van der Waals surface area contributed by atoms with Crippen molar-refractivity contribution < 1.29 is 4.74 Å². The average Bonchev–Trinajstić information content (AvgIpc) is 2.70. The summed E-state index contributed by atoms with van der Waals surface area (Å²) in [6.07, 6.45) is 1.47. The number of nitrogens with one attached hydrogen (secondary N) is 1. The predicted molar refractivity (Wildman–Crippen MR) is 74.4 cm³/mol. The minimum Gasteiger partial charge on any atom is -0.489 e. The highest BCUT2D eigenvalue weighted by atomic mass is 35.5. The minimum absolute atomic E-state index is 0. The Morgan fingerprint density at radius 1 is 1.35 bits per heavy atom. The summed E-state index contributed by atoms with van der Waals surface area (Å²) in [5, 5.41) is 3.31. The van der Waals surface area contributed by atoms with Crippen LogP contribution in [0.25, 0.3) is 0 Å². The van der Waals surface area contributed by atoms with Gasteiger partial charge < -0.3 is 10.1 Å². The molecule has 1 unspecified atom stereocenters. The second-order valence-corrected chi connectivity index (χ2v) is 4.91. The van der Waals surface area contributed by atoms with E-state index in [1.807, 2.05) is 0 Å². The van der Waals surface area contributed by atoms with Crippen molar-refractivity contribution in [2.75, 3.05) is 13.1 Å². The molecule has 1 fully saturated rings. The van der Waals surface area contributed by atoms with Gasteiger partial charge in [-0.1, -0.05) is 19.9 Å². The summed E-state index contributed by atoms with van der Waals surface area (Å²) in [4.78, 5) is 0. The smallest absolute Gasteiger partial charge is 0.120 e. The summed E-state index contributed by atoms with van der Waals surface area (Å²) >= 11 is 0. The second kappa shape index (κ2) is 6.27. The summed E-state index contributed by atoms with van der Waals surface area (Å²) < 4.78 is 5.93. The SMILES string of the molecule is Cc1cc(OC2CCNC2)ccc1C(C)C.Cl. The Kier molecular flexibility index (Phi) is 5.29. The highest BCUT2D eigenvalue weighted by Gasteiger charge is 2.16. The molecule has 0 saturated carbocycles. The highest BCUT2D eigenvalue weighted by Crippen LogP contribution is 2.24. The van der Waals surface area contributed by atoms with Crippen LogP contribution in [0.1, 0.15) is 37.3 Å². The number of hydrogen-bond acceptors (Lipinski definition) is 2. The third kappa shape index (κ3) is 3.62. The fourth-order valence-corrected chi connectivity index (χ4v) is 2.29. The molecule has 2 nitrogen and oxygen atoms in total. The van der Waals surface area contributed by atoms with E-state index in [0.29, 0.717) is 12.0 Å². The molecular formula is C14H22ClNO. The third-order valence-electron chi connectivity index (χ3n) is 3.18. The van der Waals surface area contributed by atoms with Crippen molar-refractivity contribution in [1.29, 1.82) is 0 Å². The fraction of sp³-hybridized carbons (Fsp3) is 0.571. The third-order valence-corrected chi connectivity index (χ3v) is 3.18. The van der Waals surface area contributed by atoms with Gasteiger partial charge in [-0.05, 0) is 49.1 Å². The largest absolute Gasteiger partial charge is 0.489 e. The Balaban J connectivity index is 0.00000144. The van der Waals surface area contributed by atoms with Gasteiger partial charge in [-0.15, -0.1) is 12.4 Å². The molecule has 17 heavy (non-hydrogen) atoms. The van der Waals surface area contributed by atoms with E-state index in [9.17, 15) is 0 Å². The number of hydrogen-bond donors (Lipinski definition) is 1. The number of rotatable bonds is 3. The number of benzene rings is 1. The molecule has 0 radical (unpaired) electrons. The molecule has 0 amide bonds. The first kappa shape index (κ1) is 14.3. The molecule has 1 aromatic carbocycles. The lowest BCUT2D eigenvalue weighted by Gasteiger charge is -2.15. The van der Waals surface area contributed by atoms with Crippen molar-refractivity contribution in [3.8, 4) is 5.75 Å². The Morgan fingerprint density at radius 3 is 2.65 bits per heavy atom. The van der Waals surface area contributed by atoms with Crippen molar-refractivity contribution in [3.63, 3.8) is 0 Å². The number of ether oxygens (including phenoxy) is 1. The average molecular weight is 256 g/mol. The van der Waals surface area contributed by atoms with Gasteiger partial charge in [0.05, 0.1) is 0 Å². The molecule has 0 bridgehead atoms. The Labute approximate surface area is 110 Å². The normalized spacial score (nSPS) is 19.2. The van der Waals surface area contributed by atoms with E-state index in [-0.39, 0.29) is 12.4 Å². The Bertz CT molecular complexity index is 359. The van der Waals surface area contributed by atoms with Crippen LogP contribution >= 0.6 is 12.4 Å². The van der Waals surface area contributed by atoms with Crippen molar-refractivity contribution in [1.82, 2.24) is 5.32 Å². The number of halogens is 1. The van der Waals surface area contributed by atoms with Crippen LogP contribution in [0, 0.1) is 6.92 Å². The quantitative estimate of drug-likeness (QED) is 0.895. The van der Waals surface area contributed by atoms with Gasteiger partial charge >= 0.3 is 0 Å². The van der Waals surface area contributed by atoms with E-state index < -0.39 is 0 Å². The molecule has 0 spiro atoms. The lowest BCUT2D eigenvalue weighted by atomic mass is 9.98. The molecule has 1 aromatic rings. The summed E-state index contributed by atoms with van der Waals surface area (Å²) in [6.45, 7) is 8.67. The molecule has 1 aliphatic rings. The van der Waals surface area contributed by atoms with Crippen LogP contribution in [0.3, 0.4) is 0 Å². The van der Waals surface area contributed by atoms with Crippen molar-refractivity contribution >= 4 is 12.4 Å². The molecule has 1 atom stereocenters. The van der Waals surface area contributed by atoms with Crippen LogP contribution in [0.2, 0.25) is 0 Å². The second-order valence-electron chi connectivity index (χ2n) is 4.91. The zero-order chi connectivity index (χ0) is 11.5. The molecule has 1 N–H and O–H groups in total. The maximum atomic E-state index is 5.93. The van der Waals surface area contributed by atoms with Gasteiger partial charge in [-0.2, -0.15) is 0 Å². The first-order valence-electron chi connectivity index (χ1n) is 6.14. The van der Waals surface area contributed by atoms with Gasteiger partial charge in [-0.25, -0.2) is 0 Å². The van der Waals surface area contributed by atoms with Crippen LogP contribution in [-0.2, 0) is 0 Å². The van der Waals surface area contributed by atoms with Gasteiger partial charge in [0.15, 0.2) is 0 Å². The topological polar surface area (TPSA) is 21.3 Å². The molecule has 1 aliphatic heterocycles. The Hall–Kier alpha value is -0.730. The van der Waals surface area contributed by atoms with Gasteiger partial charge in [0.1, 0.15) is 11.9 Å². The summed E-state index contributed by atoms with van der Waals surface area (Å²) in [5.41, 5.74) is 2.75. The monoisotopic (exact) mass is 255 g/mol. The van der Waals surface area contributed by atoms with Gasteiger partial charge in [-0.3, -0.25) is 0 Å². The molecule has 96 valence electrons. The van der Waals surface area contributed by atoms with E-state index in [0.717, 1.165) is 25.3 Å². The van der Waals surface area contributed by atoms with E-state index in [2.05, 4.69) is 44.3 Å².